The summed E-state index contributed by atoms with van der Waals surface area (Å²) in [5, 5.41) is 0. The fourth-order valence-electron chi connectivity index (χ4n) is 0.911. The summed E-state index contributed by atoms with van der Waals surface area (Å²) >= 11 is 0. The molecule has 0 aliphatic carbocycles. The molecule has 0 bridgehead atoms. The molecule has 0 aromatic rings. The zero-order chi connectivity index (χ0) is 11.5. The number of hydrogen-bond acceptors (Lipinski definition) is 3. The summed E-state index contributed by atoms with van der Waals surface area (Å²) in [6, 6.07) is -0.179. The summed E-state index contributed by atoms with van der Waals surface area (Å²) in [5.41, 5.74) is -0.329. The van der Waals surface area contributed by atoms with E-state index < -0.39 is 0 Å². The first-order valence-electron chi connectivity index (χ1n) is 4.90. The minimum absolute atomic E-state index is 0.0919. The van der Waals surface area contributed by atoms with E-state index in [9.17, 15) is 9.59 Å². The first-order chi connectivity index (χ1) is 6.16. The molecule has 0 fully saturated rings. The summed E-state index contributed by atoms with van der Waals surface area (Å²) in [4.78, 5) is 24.5. The smallest absolute Gasteiger partial charge is 0.152 e. The number of carbonyl (C=O) groups is 2. The maximum Gasteiger partial charge on any atom is 0.152 e. The molecule has 0 rings (SSSR count). The Morgan fingerprint density at radius 2 is 1.71 bits per heavy atom. The van der Waals surface area contributed by atoms with Gasteiger partial charge in [-0.15, -0.1) is 0 Å². The molecule has 0 aromatic heterocycles. The quantitative estimate of drug-likeness (QED) is 0.688. The molecule has 0 spiro atoms. The average molecular weight is 199 g/mol. The lowest BCUT2D eigenvalue weighted by Gasteiger charge is -2.25. The number of ketones is 2. The molecule has 1 atom stereocenters. The van der Waals surface area contributed by atoms with Crippen LogP contribution >= 0.6 is 0 Å². The van der Waals surface area contributed by atoms with Gasteiger partial charge in [0.05, 0.1) is 12.6 Å². The number of rotatable bonds is 4. The first kappa shape index (κ1) is 13.3. The Morgan fingerprint density at radius 1 is 1.29 bits per heavy atom. The lowest BCUT2D eigenvalue weighted by Crippen LogP contribution is -2.41. The zero-order valence-corrected chi connectivity index (χ0v) is 10.0. The van der Waals surface area contributed by atoms with Crippen LogP contribution in [0.4, 0.5) is 0 Å². The predicted octanol–water partition coefficient (Wildman–Crippen LogP) is 1.51. The molecule has 0 aliphatic rings. The highest BCUT2D eigenvalue weighted by atomic mass is 16.1. The van der Waals surface area contributed by atoms with Crippen molar-refractivity contribution >= 4 is 11.6 Å². The first-order valence-corrected chi connectivity index (χ1v) is 4.90. The molecule has 0 heterocycles. The Balaban J connectivity index is 4.27. The Kier molecular flexibility index (Phi) is 4.46. The van der Waals surface area contributed by atoms with Crippen LogP contribution in [-0.4, -0.2) is 36.1 Å². The molecular weight excluding hydrogens is 178 g/mol. The number of Topliss-reactive ketones (excluding diaryl/α,β-unsaturated/α-hetero) is 2. The van der Waals surface area contributed by atoms with Gasteiger partial charge in [-0.3, -0.25) is 14.5 Å². The number of nitrogens with zero attached hydrogens (tertiary/aromatic N) is 1. The van der Waals surface area contributed by atoms with E-state index in [2.05, 4.69) is 0 Å². The fraction of sp³-hybridized carbons (Fsp3) is 0.818. The van der Waals surface area contributed by atoms with E-state index in [4.69, 9.17) is 0 Å². The van der Waals surface area contributed by atoms with Crippen molar-refractivity contribution in [2.24, 2.45) is 5.41 Å². The fourth-order valence-corrected chi connectivity index (χ4v) is 0.911. The number of likely N-dealkylation sites (N-methyl/N-ethyl adjacent to an activating group) is 1. The molecule has 0 radical (unpaired) electrons. The van der Waals surface area contributed by atoms with Crippen molar-refractivity contribution in [3.05, 3.63) is 0 Å². The van der Waals surface area contributed by atoms with Crippen LogP contribution in [0.5, 0.6) is 0 Å². The van der Waals surface area contributed by atoms with Crippen LogP contribution in [0.2, 0.25) is 0 Å². The highest BCUT2D eigenvalue weighted by Gasteiger charge is 2.24. The Hall–Kier alpha value is -0.700. The van der Waals surface area contributed by atoms with E-state index in [-0.39, 0.29) is 23.0 Å². The van der Waals surface area contributed by atoms with Gasteiger partial charge in [0.2, 0.25) is 0 Å². The van der Waals surface area contributed by atoms with Crippen molar-refractivity contribution in [2.45, 2.75) is 40.7 Å². The van der Waals surface area contributed by atoms with Gasteiger partial charge in [0, 0.05) is 5.41 Å². The molecule has 3 heteroatoms. The van der Waals surface area contributed by atoms with Gasteiger partial charge in [0.25, 0.3) is 0 Å². The highest BCUT2D eigenvalue weighted by molar-refractivity contribution is 5.87. The van der Waals surface area contributed by atoms with Gasteiger partial charge < -0.3 is 0 Å². The molecule has 0 aromatic carbocycles. The molecule has 0 aliphatic heterocycles. The summed E-state index contributed by atoms with van der Waals surface area (Å²) in [6.07, 6.45) is 0. The van der Waals surface area contributed by atoms with Gasteiger partial charge in [-0.25, -0.2) is 0 Å². The molecule has 1 unspecified atom stereocenters. The summed E-state index contributed by atoms with van der Waals surface area (Å²) in [7, 11) is 1.80. The van der Waals surface area contributed by atoms with Gasteiger partial charge in [0.15, 0.2) is 5.78 Å². The standard InChI is InChI=1S/C11H21NO2/c1-8(9(2)13)12(6)7-10(14)11(3,4)5/h8H,7H2,1-6H3. The van der Waals surface area contributed by atoms with Crippen LogP contribution in [0, 0.1) is 5.41 Å². The third-order valence-electron chi connectivity index (χ3n) is 2.48. The monoisotopic (exact) mass is 199 g/mol. The molecule has 14 heavy (non-hydrogen) atoms. The minimum Gasteiger partial charge on any atom is -0.298 e. The van der Waals surface area contributed by atoms with Crippen molar-refractivity contribution in [3.8, 4) is 0 Å². The van der Waals surface area contributed by atoms with E-state index in [1.807, 2.05) is 27.7 Å². The number of carbonyl (C=O) groups excluding carboxylic acids is 2. The van der Waals surface area contributed by atoms with Crippen LogP contribution in [0.1, 0.15) is 34.6 Å². The third kappa shape index (κ3) is 4.01. The normalized spacial score (nSPS) is 14.2. The second-order valence-corrected chi connectivity index (χ2v) is 4.87. The van der Waals surface area contributed by atoms with Crippen LogP contribution in [0.25, 0.3) is 0 Å². The summed E-state index contributed by atoms with van der Waals surface area (Å²) < 4.78 is 0. The van der Waals surface area contributed by atoms with Gasteiger partial charge in [0.1, 0.15) is 5.78 Å². The molecule has 0 N–H and O–H groups in total. The summed E-state index contributed by atoms with van der Waals surface area (Å²) in [6.45, 7) is 9.37. The second kappa shape index (κ2) is 4.69. The molecular formula is C11H21NO2. The van der Waals surface area contributed by atoms with Crippen molar-refractivity contribution in [2.75, 3.05) is 13.6 Å². The molecule has 0 saturated heterocycles. The van der Waals surface area contributed by atoms with Crippen LogP contribution in [0.3, 0.4) is 0 Å². The van der Waals surface area contributed by atoms with E-state index in [1.54, 1.807) is 18.9 Å². The average Bonchev–Trinajstić information content (AvgIpc) is 2.00. The lowest BCUT2D eigenvalue weighted by molar-refractivity contribution is -0.129. The molecule has 82 valence electrons. The maximum atomic E-state index is 11.6. The van der Waals surface area contributed by atoms with Gasteiger partial charge in [-0.2, -0.15) is 0 Å². The third-order valence-corrected chi connectivity index (χ3v) is 2.48. The van der Waals surface area contributed by atoms with Crippen LogP contribution in [0.15, 0.2) is 0 Å². The van der Waals surface area contributed by atoms with E-state index in [0.29, 0.717) is 6.54 Å². The second-order valence-electron chi connectivity index (χ2n) is 4.87. The van der Waals surface area contributed by atoms with E-state index >= 15 is 0 Å². The topological polar surface area (TPSA) is 37.4 Å². The van der Waals surface area contributed by atoms with Crippen molar-refractivity contribution in [3.63, 3.8) is 0 Å². The maximum absolute atomic E-state index is 11.6. The van der Waals surface area contributed by atoms with Crippen LogP contribution in [-0.2, 0) is 9.59 Å². The number of hydrogen-bond donors (Lipinski definition) is 0. The van der Waals surface area contributed by atoms with Gasteiger partial charge in [-0.1, -0.05) is 20.8 Å². The SMILES string of the molecule is CC(=O)C(C)N(C)CC(=O)C(C)(C)C. The van der Waals surface area contributed by atoms with Crippen molar-refractivity contribution in [1.82, 2.24) is 4.90 Å². The molecule has 3 nitrogen and oxygen atoms in total. The summed E-state index contributed by atoms with van der Waals surface area (Å²) in [5.74, 6) is 0.252. The highest BCUT2D eigenvalue weighted by Crippen LogP contribution is 2.15. The Labute approximate surface area is 86.5 Å². The minimum atomic E-state index is -0.329. The lowest BCUT2D eigenvalue weighted by atomic mass is 9.90. The van der Waals surface area contributed by atoms with Crippen LogP contribution < -0.4 is 0 Å². The Bertz CT molecular complexity index is 228. The zero-order valence-electron chi connectivity index (χ0n) is 10.0. The largest absolute Gasteiger partial charge is 0.298 e. The van der Waals surface area contributed by atoms with E-state index in [1.165, 1.54) is 0 Å². The Morgan fingerprint density at radius 3 is 2.00 bits per heavy atom. The van der Waals surface area contributed by atoms with E-state index in [0.717, 1.165) is 0 Å². The van der Waals surface area contributed by atoms with Gasteiger partial charge in [-0.05, 0) is 20.9 Å². The van der Waals surface area contributed by atoms with Crippen molar-refractivity contribution in [1.29, 1.82) is 0 Å². The van der Waals surface area contributed by atoms with Gasteiger partial charge >= 0.3 is 0 Å². The van der Waals surface area contributed by atoms with Crippen molar-refractivity contribution < 1.29 is 9.59 Å². The molecule has 0 amide bonds. The molecule has 0 saturated carbocycles. The predicted molar refractivity (Wildman–Crippen MR) is 57.2 cm³/mol.